The second-order valence-corrected chi connectivity index (χ2v) is 9.95. The Morgan fingerprint density at radius 2 is 1.66 bits per heavy atom. The zero-order valence-corrected chi connectivity index (χ0v) is 18.3. The van der Waals surface area contributed by atoms with Crippen LogP contribution in [0.15, 0.2) is 47.4 Å². The summed E-state index contributed by atoms with van der Waals surface area (Å²) in [5.41, 5.74) is 1.22. The van der Waals surface area contributed by atoms with Gasteiger partial charge in [-0.1, -0.05) is 24.3 Å². The van der Waals surface area contributed by atoms with Crippen molar-refractivity contribution in [2.45, 2.75) is 30.8 Å². The lowest BCUT2D eigenvalue weighted by Crippen LogP contribution is -2.25. The highest BCUT2D eigenvalue weighted by atomic mass is 32.2. The first-order chi connectivity index (χ1) is 15.0. The summed E-state index contributed by atoms with van der Waals surface area (Å²) < 4.78 is 64.1. The van der Waals surface area contributed by atoms with Gasteiger partial charge in [0.25, 0.3) is 5.78 Å². The summed E-state index contributed by atoms with van der Waals surface area (Å²) in [6.45, 7) is 3.04. The van der Waals surface area contributed by atoms with Crippen LogP contribution in [0.5, 0.6) is 0 Å². The van der Waals surface area contributed by atoms with Crippen molar-refractivity contribution in [1.82, 2.24) is 4.98 Å². The van der Waals surface area contributed by atoms with Gasteiger partial charge in [-0.05, 0) is 43.5 Å². The molecule has 1 saturated heterocycles. The van der Waals surface area contributed by atoms with Gasteiger partial charge in [0, 0.05) is 36.0 Å². The minimum Gasteiger partial charge on any atom is -0.370 e. The molecular weight excluding hydrogens is 441 g/mol. The zero-order valence-electron chi connectivity index (χ0n) is 17.5. The molecule has 9 heteroatoms. The number of carbonyl (C=O) groups is 1. The van der Waals surface area contributed by atoms with Crippen LogP contribution >= 0.6 is 0 Å². The molecule has 1 aromatic heterocycles. The molecule has 1 aliphatic rings. The highest BCUT2D eigenvalue weighted by molar-refractivity contribution is 7.90. The van der Waals surface area contributed by atoms with Gasteiger partial charge >= 0.3 is 6.18 Å². The number of aryl methyl sites for hydroxylation is 1. The summed E-state index contributed by atoms with van der Waals surface area (Å²) in [5.74, 6) is -1.97. The molecule has 0 atom stereocenters. The molecule has 0 amide bonds. The average molecular weight is 462 g/mol. The third-order valence-corrected chi connectivity index (χ3v) is 6.81. The van der Waals surface area contributed by atoms with E-state index in [1.165, 1.54) is 31.2 Å². The minimum absolute atomic E-state index is 0.0198. The normalized spacial score (nSPS) is 14.8. The van der Waals surface area contributed by atoms with E-state index in [1.807, 2.05) is 6.07 Å². The van der Waals surface area contributed by atoms with Crippen LogP contribution in [0.3, 0.4) is 0 Å². The maximum atomic E-state index is 13.5. The van der Waals surface area contributed by atoms with Gasteiger partial charge in [-0.3, -0.25) is 9.78 Å². The summed E-state index contributed by atoms with van der Waals surface area (Å²) >= 11 is 0. The molecule has 1 aliphatic heterocycles. The van der Waals surface area contributed by atoms with Crippen molar-refractivity contribution in [3.8, 4) is 11.1 Å². The summed E-state index contributed by atoms with van der Waals surface area (Å²) in [4.78, 5) is 19.0. The molecule has 1 fully saturated rings. The van der Waals surface area contributed by atoms with Crippen molar-refractivity contribution in [1.29, 1.82) is 0 Å². The van der Waals surface area contributed by atoms with Crippen LogP contribution in [-0.4, -0.2) is 44.7 Å². The lowest BCUT2D eigenvalue weighted by Gasteiger charge is -2.22. The highest BCUT2D eigenvalue weighted by Crippen LogP contribution is 2.40. The number of rotatable bonds is 4. The van der Waals surface area contributed by atoms with Gasteiger partial charge in [-0.15, -0.1) is 0 Å². The van der Waals surface area contributed by atoms with E-state index in [2.05, 4.69) is 9.88 Å². The molecule has 4 rings (SSSR count). The molecule has 0 saturated carbocycles. The Morgan fingerprint density at radius 3 is 2.22 bits per heavy atom. The number of Topliss-reactive ketones (excluding diaryl/α,β-unsaturated/α-hetero) is 1. The van der Waals surface area contributed by atoms with Gasteiger partial charge in [0.2, 0.25) is 0 Å². The van der Waals surface area contributed by atoms with Gasteiger partial charge in [0.1, 0.15) is 0 Å². The van der Waals surface area contributed by atoms with E-state index >= 15 is 0 Å². The Balaban J connectivity index is 2.05. The Bertz CT molecular complexity index is 1310. The largest absolute Gasteiger partial charge is 0.454 e. The van der Waals surface area contributed by atoms with Crippen molar-refractivity contribution in [2.75, 3.05) is 24.2 Å². The number of hydrogen-bond acceptors (Lipinski definition) is 5. The van der Waals surface area contributed by atoms with Crippen molar-refractivity contribution in [3.63, 3.8) is 0 Å². The predicted octanol–water partition coefficient (Wildman–Crippen LogP) is 4.96. The van der Waals surface area contributed by atoms with E-state index in [9.17, 15) is 26.4 Å². The van der Waals surface area contributed by atoms with Gasteiger partial charge < -0.3 is 4.90 Å². The second kappa shape index (κ2) is 7.88. The lowest BCUT2D eigenvalue weighted by molar-refractivity contribution is -0.0885. The first-order valence-corrected chi connectivity index (χ1v) is 12.0. The number of hydrogen-bond donors (Lipinski definition) is 0. The number of pyridine rings is 1. The number of sulfone groups is 1. The Labute approximate surface area is 183 Å². The fraction of sp³-hybridized carbons (Fsp3) is 0.304. The number of fused-ring (bicyclic) bond motifs is 1. The monoisotopic (exact) mass is 462 g/mol. The SMILES string of the molecule is Cc1nc2c(N3CCCC3)cccc2c(-c2ccc(S(C)(=O)=O)cc2)c1C(=O)C(F)(F)F. The van der Waals surface area contributed by atoms with E-state index in [0.29, 0.717) is 16.5 Å². The molecule has 0 radical (unpaired) electrons. The van der Waals surface area contributed by atoms with E-state index in [1.54, 1.807) is 12.1 Å². The number of carbonyl (C=O) groups excluding carboxylic acids is 1. The fourth-order valence-corrected chi connectivity index (χ4v) is 4.82. The van der Waals surface area contributed by atoms with E-state index in [-0.39, 0.29) is 16.2 Å². The Hall–Kier alpha value is -2.94. The van der Waals surface area contributed by atoms with Gasteiger partial charge in [-0.2, -0.15) is 13.2 Å². The first kappa shape index (κ1) is 22.3. The van der Waals surface area contributed by atoms with Gasteiger partial charge in [-0.25, -0.2) is 8.42 Å². The van der Waals surface area contributed by atoms with Crippen molar-refractivity contribution < 1.29 is 26.4 Å². The third-order valence-electron chi connectivity index (χ3n) is 5.68. The van der Waals surface area contributed by atoms with Gasteiger partial charge in [0.05, 0.1) is 21.7 Å². The van der Waals surface area contributed by atoms with Crippen molar-refractivity contribution >= 4 is 32.2 Å². The number of halogens is 3. The molecule has 32 heavy (non-hydrogen) atoms. The number of nitrogens with zero attached hydrogens (tertiary/aromatic N) is 2. The van der Waals surface area contributed by atoms with Crippen molar-refractivity contribution in [3.05, 3.63) is 53.7 Å². The van der Waals surface area contributed by atoms with Gasteiger partial charge in [0.15, 0.2) is 9.84 Å². The highest BCUT2D eigenvalue weighted by Gasteiger charge is 2.42. The smallest absolute Gasteiger partial charge is 0.370 e. The van der Waals surface area contributed by atoms with E-state index in [0.717, 1.165) is 37.9 Å². The molecule has 0 aliphatic carbocycles. The second-order valence-electron chi connectivity index (χ2n) is 7.94. The molecule has 5 nitrogen and oxygen atoms in total. The quantitative estimate of drug-likeness (QED) is 0.513. The number of aromatic nitrogens is 1. The molecule has 2 heterocycles. The standard InChI is InChI=1S/C23H21F3N2O3S/c1-14-19(22(29)23(24,25)26)20(15-8-10-16(11-9-15)32(2,30)31)17-6-5-7-18(21(17)27-14)28-12-3-4-13-28/h5-11H,3-4,12-13H2,1-2H3. The third kappa shape index (κ3) is 3.97. The summed E-state index contributed by atoms with van der Waals surface area (Å²) in [5, 5.41) is 0.416. The van der Waals surface area contributed by atoms with Crippen LogP contribution < -0.4 is 4.90 Å². The molecule has 0 bridgehead atoms. The Morgan fingerprint density at radius 1 is 1.03 bits per heavy atom. The number of anilines is 1. The zero-order chi connectivity index (χ0) is 23.3. The van der Waals surface area contributed by atoms with E-state index < -0.39 is 27.4 Å². The summed E-state index contributed by atoms with van der Waals surface area (Å²) in [7, 11) is -3.49. The van der Waals surface area contributed by atoms with Crippen LogP contribution in [0.4, 0.5) is 18.9 Å². The molecule has 0 N–H and O–H groups in total. The number of para-hydroxylation sites is 1. The Kier molecular flexibility index (Phi) is 5.48. The molecule has 2 aromatic carbocycles. The van der Waals surface area contributed by atoms with Crippen LogP contribution in [0.1, 0.15) is 28.9 Å². The number of ketones is 1. The maximum absolute atomic E-state index is 13.5. The molecule has 3 aromatic rings. The lowest BCUT2D eigenvalue weighted by atomic mass is 9.91. The van der Waals surface area contributed by atoms with E-state index in [4.69, 9.17) is 0 Å². The average Bonchev–Trinajstić information content (AvgIpc) is 3.25. The minimum atomic E-state index is -5.08. The first-order valence-electron chi connectivity index (χ1n) is 10.1. The number of benzene rings is 2. The number of alkyl halides is 3. The molecule has 0 spiro atoms. The predicted molar refractivity (Wildman–Crippen MR) is 117 cm³/mol. The topological polar surface area (TPSA) is 67.3 Å². The van der Waals surface area contributed by atoms with Crippen LogP contribution in [0.25, 0.3) is 22.0 Å². The maximum Gasteiger partial charge on any atom is 0.454 e. The molecule has 0 unspecified atom stereocenters. The van der Waals surface area contributed by atoms with Crippen LogP contribution in [-0.2, 0) is 9.84 Å². The molecular formula is C23H21F3N2O3S. The molecule has 168 valence electrons. The summed E-state index contributed by atoms with van der Waals surface area (Å²) in [6, 6.07) is 10.8. The fourth-order valence-electron chi connectivity index (χ4n) is 4.19. The van der Waals surface area contributed by atoms with Crippen LogP contribution in [0.2, 0.25) is 0 Å². The van der Waals surface area contributed by atoms with Crippen molar-refractivity contribution in [2.24, 2.45) is 0 Å². The summed E-state index contributed by atoms with van der Waals surface area (Å²) in [6.07, 6.45) is -2.00. The van der Waals surface area contributed by atoms with Crippen LogP contribution in [0, 0.1) is 6.92 Å².